The van der Waals surface area contributed by atoms with Crippen LogP contribution in [0.25, 0.3) is 0 Å². The second-order valence-electron chi connectivity index (χ2n) is 7.01. The minimum absolute atomic E-state index is 0.0833. The lowest BCUT2D eigenvalue weighted by Crippen LogP contribution is -2.59. The van der Waals surface area contributed by atoms with Crippen molar-refractivity contribution in [1.82, 2.24) is 0 Å². The summed E-state index contributed by atoms with van der Waals surface area (Å²) in [7, 11) is 0. The van der Waals surface area contributed by atoms with Crippen molar-refractivity contribution in [3.8, 4) is 0 Å². The number of hydrogen-bond acceptors (Lipinski definition) is 8. The van der Waals surface area contributed by atoms with Gasteiger partial charge in [-0.25, -0.2) is 0 Å². The molecule has 0 spiro atoms. The molecule has 1 aliphatic heterocycles. The average Bonchev–Trinajstić information content (AvgIpc) is 3.18. The number of aliphatic hydroxyl groups is 4. The molecule has 154 valence electrons. The Morgan fingerprint density at radius 3 is 2.70 bits per heavy atom. The fourth-order valence-electron chi connectivity index (χ4n) is 2.96. The number of hydrogen-bond donors (Lipinski definition) is 4. The molecule has 8 nitrogen and oxygen atoms in total. The van der Waals surface area contributed by atoms with Crippen LogP contribution in [0.3, 0.4) is 0 Å². The van der Waals surface area contributed by atoms with Gasteiger partial charge < -0.3 is 34.6 Å². The zero-order valence-electron chi connectivity index (χ0n) is 15.6. The van der Waals surface area contributed by atoms with Gasteiger partial charge in [0.1, 0.15) is 24.4 Å². The highest BCUT2D eigenvalue weighted by atomic mass is 16.7. The lowest BCUT2D eigenvalue weighted by Gasteiger charge is -2.39. The van der Waals surface area contributed by atoms with Gasteiger partial charge in [0.2, 0.25) is 0 Å². The number of allylic oxidation sites excluding steroid dienone is 4. The molecule has 0 bridgehead atoms. The molecule has 0 radical (unpaired) electrons. The van der Waals surface area contributed by atoms with E-state index in [0.29, 0.717) is 6.61 Å². The Balaban J connectivity index is 1.63. The monoisotopic (exact) mass is 386 g/mol. The van der Waals surface area contributed by atoms with Gasteiger partial charge in [0.05, 0.1) is 25.7 Å². The summed E-state index contributed by atoms with van der Waals surface area (Å²) in [6.45, 7) is 1.35. The maximum atomic E-state index is 12.0. The number of aliphatic hydroxyl groups excluding tert-OH is 4. The van der Waals surface area contributed by atoms with Crippen molar-refractivity contribution in [3.63, 3.8) is 0 Å². The van der Waals surface area contributed by atoms with Crippen molar-refractivity contribution in [2.24, 2.45) is 5.92 Å². The summed E-state index contributed by atoms with van der Waals surface area (Å²) >= 11 is 0. The van der Waals surface area contributed by atoms with E-state index in [2.05, 4.69) is 12.2 Å². The molecule has 4 N–H and O–H groups in total. The highest BCUT2D eigenvalue weighted by Gasteiger charge is 2.44. The predicted octanol–water partition coefficient (Wildman–Crippen LogP) is 0.0388. The first-order chi connectivity index (χ1) is 12.9. The molecule has 8 heteroatoms. The Morgan fingerprint density at radius 2 is 2.04 bits per heavy atom. The van der Waals surface area contributed by atoms with Crippen LogP contribution in [-0.4, -0.2) is 76.9 Å². The first-order valence-electron chi connectivity index (χ1n) is 9.37. The minimum Gasteiger partial charge on any atom is -0.465 e. The van der Waals surface area contributed by atoms with Gasteiger partial charge in [-0.3, -0.25) is 4.79 Å². The van der Waals surface area contributed by atoms with Gasteiger partial charge in [0.25, 0.3) is 0 Å². The summed E-state index contributed by atoms with van der Waals surface area (Å²) in [5.74, 6) is -1.000. The number of carbonyl (C=O) groups excluding carboxylic acids is 1. The van der Waals surface area contributed by atoms with Gasteiger partial charge in [0.15, 0.2) is 6.29 Å². The summed E-state index contributed by atoms with van der Waals surface area (Å²) in [6, 6.07) is 0. The maximum Gasteiger partial charge on any atom is 0.310 e. The van der Waals surface area contributed by atoms with Crippen LogP contribution in [0.15, 0.2) is 23.8 Å². The number of esters is 1. The fraction of sp³-hybridized carbons (Fsp3) is 0.737. The quantitative estimate of drug-likeness (QED) is 0.306. The topological polar surface area (TPSA) is 126 Å². The Kier molecular flexibility index (Phi) is 8.88. The molecule has 0 amide bonds. The van der Waals surface area contributed by atoms with E-state index in [1.165, 1.54) is 5.57 Å². The van der Waals surface area contributed by atoms with Crippen LogP contribution in [0, 0.1) is 5.92 Å². The first kappa shape index (κ1) is 22.0. The summed E-state index contributed by atoms with van der Waals surface area (Å²) in [4.78, 5) is 12.0. The third-order valence-corrected chi connectivity index (χ3v) is 4.75. The van der Waals surface area contributed by atoms with E-state index in [1.807, 2.05) is 6.08 Å². The molecule has 1 heterocycles. The minimum atomic E-state index is -1.51. The summed E-state index contributed by atoms with van der Waals surface area (Å²) < 4.78 is 15.8. The maximum absolute atomic E-state index is 12.0. The van der Waals surface area contributed by atoms with E-state index < -0.39 is 49.2 Å². The highest BCUT2D eigenvalue weighted by Crippen LogP contribution is 2.22. The van der Waals surface area contributed by atoms with E-state index in [1.54, 1.807) is 6.92 Å². The Bertz CT molecular complexity index is 530. The van der Waals surface area contributed by atoms with Crippen LogP contribution in [0.2, 0.25) is 0 Å². The average molecular weight is 386 g/mol. The largest absolute Gasteiger partial charge is 0.465 e. The number of carbonyl (C=O) groups is 1. The van der Waals surface area contributed by atoms with Crippen molar-refractivity contribution >= 4 is 5.97 Å². The molecule has 0 saturated carbocycles. The van der Waals surface area contributed by atoms with Crippen molar-refractivity contribution in [1.29, 1.82) is 0 Å². The molecule has 27 heavy (non-hydrogen) atoms. The summed E-state index contributed by atoms with van der Waals surface area (Å²) in [5.41, 5.74) is 1.39. The van der Waals surface area contributed by atoms with Gasteiger partial charge in [-0.1, -0.05) is 23.8 Å². The van der Waals surface area contributed by atoms with Gasteiger partial charge in [-0.2, -0.15) is 0 Å². The standard InChI is InChI=1S/C19H30O8/c1-12(18(24)25-9-5-4-8-13-6-2-3-7-13)11-26-19-17(23)16(22)15(21)14(10-20)27-19/h2-3,6,12,14-17,19-23H,4-5,7-11H2,1H3/t12-,14-,15-,16+,17+,19+/m1/s1. The Hall–Kier alpha value is -1.29. The Morgan fingerprint density at radius 1 is 1.26 bits per heavy atom. The molecule has 1 aliphatic carbocycles. The lowest BCUT2D eigenvalue weighted by atomic mass is 9.99. The van der Waals surface area contributed by atoms with Crippen LogP contribution in [0.4, 0.5) is 0 Å². The number of unbranched alkanes of at least 4 members (excludes halogenated alkanes) is 1. The normalized spacial score (nSPS) is 31.6. The van der Waals surface area contributed by atoms with Gasteiger partial charge in [0, 0.05) is 0 Å². The van der Waals surface area contributed by atoms with Crippen molar-refractivity contribution in [2.75, 3.05) is 19.8 Å². The van der Waals surface area contributed by atoms with Crippen LogP contribution in [0.5, 0.6) is 0 Å². The van der Waals surface area contributed by atoms with E-state index in [9.17, 15) is 20.1 Å². The van der Waals surface area contributed by atoms with Gasteiger partial charge in [-0.05, 0) is 32.6 Å². The third kappa shape index (κ3) is 6.38. The molecular weight excluding hydrogens is 356 g/mol. The molecule has 1 saturated heterocycles. The second-order valence-corrected chi connectivity index (χ2v) is 7.01. The van der Waals surface area contributed by atoms with E-state index in [4.69, 9.17) is 19.3 Å². The number of rotatable bonds is 10. The van der Waals surface area contributed by atoms with Crippen LogP contribution in [0.1, 0.15) is 32.6 Å². The van der Waals surface area contributed by atoms with E-state index >= 15 is 0 Å². The zero-order valence-corrected chi connectivity index (χ0v) is 15.6. The Labute approximate surface area is 159 Å². The van der Waals surface area contributed by atoms with Crippen LogP contribution in [-0.2, 0) is 19.0 Å². The molecule has 1 fully saturated rings. The molecular formula is C19H30O8. The molecule has 2 aliphatic rings. The van der Waals surface area contributed by atoms with Crippen molar-refractivity contribution in [3.05, 3.63) is 23.8 Å². The summed E-state index contributed by atoms with van der Waals surface area (Å²) in [6.07, 6.45) is 3.31. The first-order valence-corrected chi connectivity index (χ1v) is 9.37. The molecule has 0 aromatic heterocycles. The van der Waals surface area contributed by atoms with Gasteiger partial charge >= 0.3 is 5.97 Å². The van der Waals surface area contributed by atoms with Gasteiger partial charge in [-0.15, -0.1) is 0 Å². The molecule has 0 unspecified atom stereocenters. The van der Waals surface area contributed by atoms with Crippen molar-refractivity contribution < 1.29 is 39.4 Å². The van der Waals surface area contributed by atoms with Crippen LogP contribution >= 0.6 is 0 Å². The highest BCUT2D eigenvalue weighted by molar-refractivity contribution is 5.72. The fourth-order valence-corrected chi connectivity index (χ4v) is 2.96. The SMILES string of the molecule is C[C@H](CO[C@H]1O[C@H](CO)[C@@H](O)[C@H](O)[C@@H]1O)C(=O)OCCCCC1=CC=CC1. The predicted molar refractivity (Wildman–Crippen MR) is 95.5 cm³/mol. The second kappa shape index (κ2) is 10.9. The molecule has 0 aromatic rings. The molecule has 2 rings (SSSR count). The van der Waals surface area contributed by atoms with E-state index in [0.717, 1.165) is 25.7 Å². The third-order valence-electron chi connectivity index (χ3n) is 4.75. The smallest absolute Gasteiger partial charge is 0.310 e. The molecule has 6 atom stereocenters. The number of ether oxygens (including phenoxy) is 3. The zero-order chi connectivity index (χ0) is 19.8. The van der Waals surface area contributed by atoms with Crippen molar-refractivity contribution in [2.45, 2.75) is 63.3 Å². The lowest BCUT2D eigenvalue weighted by molar-refractivity contribution is -0.302. The summed E-state index contributed by atoms with van der Waals surface area (Å²) in [5, 5.41) is 38.5. The molecule has 0 aromatic carbocycles. The van der Waals surface area contributed by atoms with Crippen LogP contribution < -0.4 is 0 Å². The van der Waals surface area contributed by atoms with E-state index in [-0.39, 0.29) is 6.61 Å².